The van der Waals surface area contributed by atoms with E-state index >= 15 is 0 Å². The SMILES string of the molecule is CCc1nc(-c2scc3c2CCCC3)n(C2CCS(=O)(=O)C2)n1. The lowest BCUT2D eigenvalue weighted by molar-refractivity contribution is 0.500. The molecule has 0 aromatic carbocycles. The van der Waals surface area contributed by atoms with Crippen molar-refractivity contribution >= 4 is 21.2 Å². The molecule has 0 spiro atoms. The van der Waals surface area contributed by atoms with Crippen LogP contribution in [0.3, 0.4) is 0 Å². The first-order chi connectivity index (χ1) is 11.1. The fourth-order valence-electron chi connectivity index (χ4n) is 3.60. The van der Waals surface area contributed by atoms with Crippen molar-refractivity contribution in [2.75, 3.05) is 11.5 Å². The van der Waals surface area contributed by atoms with Crippen LogP contribution in [0.1, 0.15) is 49.2 Å². The van der Waals surface area contributed by atoms with Gasteiger partial charge in [-0.3, -0.25) is 0 Å². The van der Waals surface area contributed by atoms with Crippen molar-refractivity contribution in [3.05, 3.63) is 22.3 Å². The summed E-state index contributed by atoms with van der Waals surface area (Å²) in [6.07, 6.45) is 6.16. The van der Waals surface area contributed by atoms with E-state index in [2.05, 4.69) is 10.5 Å². The normalized spacial score (nSPS) is 23.1. The molecule has 124 valence electrons. The van der Waals surface area contributed by atoms with E-state index in [1.807, 2.05) is 11.6 Å². The number of nitrogens with zero attached hydrogens (tertiary/aromatic N) is 3. The molecule has 0 bridgehead atoms. The molecule has 7 heteroatoms. The van der Waals surface area contributed by atoms with Crippen LogP contribution in [0.5, 0.6) is 0 Å². The van der Waals surface area contributed by atoms with E-state index in [0.29, 0.717) is 6.42 Å². The summed E-state index contributed by atoms with van der Waals surface area (Å²) in [5.74, 6) is 2.15. The lowest BCUT2D eigenvalue weighted by Crippen LogP contribution is -2.14. The Labute approximate surface area is 140 Å². The van der Waals surface area contributed by atoms with Crippen LogP contribution < -0.4 is 0 Å². The third-order valence-corrected chi connectivity index (χ3v) is 7.67. The molecule has 0 saturated carbocycles. The largest absolute Gasteiger partial charge is 0.241 e. The van der Waals surface area contributed by atoms with E-state index in [9.17, 15) is 8.42 Å². The Morgan fingerprint density at radius 2 is 2.17 bits per heavy atom. The van der Waals surface area contributed by atoms with Crippen molar-refractivity contribution in [1.82, 2.24) is 14.8 Å². The van der Waals surface area contributed by atoms with Gasteiger partial charge in [0.25, 0.3) is 0 Å². The monoisotopic (exact) mass is 351 g/mol. The van der Waals surface area contributed by atoms with Crippen molar-refractivity contribution in [3.8, 4) is 10.7 Å². The maximum atomic E-state index is 11.9. The van der Waals surface area contributed by atoms with Crippen LogP contribution in [-0.4, -0.2) is 34.7 Å². The maximum absolute atomic E-state index is 11.9. The fourth-order valence-corrected chi connectivity index (χ4v) is 6.43. The summed E-state index contributed by atoms with van der Waals surface area (Å²) >= 11 is 1.74. The molecule has 4 rings (SSSR count). The highest BCUT2D eigenvalue weighted by Gasteiger charge is 2.33. The summed E-state index contributed by atoms with van der Waals surface area (Å²) in [7, 11) is -2.93. The summed E-state index contributed by atoms with van der Waals surface area (Å²) in [6.45, 7) is 2.04. The smallest absolute Gasteiger partial charge is 0.169 e. The van der Waals surface area contributed by atoms with Crippen molar-refractivity contribution in [2.45, 2.75) is 51.5 Å². The molecule has 3 heterocycles. The predicted molar refractivity (Wildman–Crippen MR) is 91.7 cm³/mol. The predicted octanol–water partition coefficient (Wildman–Crippen LogP) is 2.81. The standard InChI is InChI=1S/C16H21N3O2S2/c1-2-14-17-16(15-13-6-4-3-5-11(13)9-22-15)19(18-14)12-7-8-23(20,21)10-12/h9,12H,2-8,10H2,1H3. The van der Waals surface area contributed by atoms with Gasteiger partial charge in [-0.25, -0.2) is 18.1 Å². The molecule has 5 nitrogen and oxygen atoms in total. The second-order valence-electron chi connectivity index (χ2n) is 6.48. The minimum atomic E-state index is -2.93. The Morgan fingerprint density at radius 3 is 2.91 bits per heavy atom. The van der Waals surface area contributed by atoms with Crippen LogP contribution in [0.25, 0.3) is 10.7 Å². The number of hydrogen-bond donors (Lipinski definition) is 0. The van der Waals surface area contributed by atoms with Crippen LogP contribution in [0.15, 0.2) is 5.38 Å². The average Bonchev–Trinajstić information content (AvgIpc) is 3.22. The number of hydrogen-bond acceptors (Lipinski definition) is 5. The second kappa shape index (κ2) is 5.70. The quantitative estimate of drug-likeness (QED) is 0.853. The van der Waals surface area contributed by atoms with Crippen molar-refractivity contribution in [1.29, 1.82) is 0 Å². The molecule has 0 N–H and O–H groups in total. The summed E-state index contributed by atoms with van der Waals surface area (Å²) in [6, 6.07) is -0.0656. The van der Waals surface area contributed by atoms with Gasteiger partial charge in [-0.2, -0.15) is 5.10 Å². The molecule has 1 aliphatic heterocycles. The molecular weight excluding hydrogens is 330 g/mol. The number of aromatic nitrogens is 3. The zero-order valence-corrected chi connectivity index (χ0v) is 14.9. The van der Waals surface area contributed by atoms with E-state index in [1.54, 1.807) is 11.3 Å². The Balaban J connectivity index is 1.79. The Kier molecular flexibility index (Phi) is 3.80. The van der Waals surface area contributed by atoms with Gasteiger partial charge in [0.2, 0.25) is 0 Å². The first-order valence-electron chi connectivity index (χ1n) is 8.33. The van der Waals surface area contributed by atoms with Gasteiger partial charge in [-0.15, -0.1) is 11.3 Å². The van der Waals surface area contributed by atoms with Crippen molar-refractivity contribution < 1.29 is 8.42 Å². The third kappa shape index (κ3) is 2.74. The molecule has 1 saturated heterocycles. The van der Waals surface area contributed by atoms with Crippen LogP contribution >= 0.6 is 11.3 Å². The Bertz CT molecular complexity index is 836. The van der Waals surface area contributed by atoms with Gasteiger partial charge in [0, 0.05) is 6.42 Å². The molecule has 1 atom stereocenters. The Hall–Kier alpha value is -1.21. The minimum absolute atomic E-state index is 0.0656. The molecule has 1 aliphatic carbocycles. The van der Waals surface area contributed by atoms with Gasteiger partial charge < -0.3 is 0 Å². The van der Waals surface area contributed by atoms with E-state index in [4.69, 9.17) is 4.98 Å². The van der Waals surface area contributed by atoms with Crippen LogP contribution in [0.2, 0.25) is 0 Å². The molecule has 1 fully saturated rings. The molecule has 1 unspecified atom stereocenters. The number of thiophene rings is 1. The lowest BCUT2D eigenvalue weighted by Gasteiger charge is -2.15. The number of fused-ring (bicyclic) bond motifs is 1. The maximum Gasteiger partial charge on any atom is 0.169 e. The zero-order chi connectivity index (χ0) is 16.0. The van der Waals surface area contributed by atoms with Gasteiger partial charge in [0.1, 0.15) is 0 Å². The molecule has 2 aromatic rings. The molecule has 23 heavy (non-hydrogen) atoms. The minimum Gasteiger partial charge on any atom is -0.241 e. The van der Waals surface area contributed by atoms with E-state index in [1.165, 1.54) is 28.8 Å². The van der Waals surface area contributed by atoms with Gasteiger partial charge in [0.05, 0.1) is 22.4 Å². The van der Waals surface area contributed by atoms with Gasteiger partial charge in [0.15, 0.2) is 21.5 Å². The molecule has 2 aromatic heterocycles. The van der Waals surface area contributed by atoms with Gasteiger partial charge in [-0.1, -0.05) is 6.92 Å². The fraction of sp³-hybridized carbons (Fsp3) is 0.625. The van der Waals surface area contributed by atoms with Crippen LogP contribution in [-0.2, 0) is 29.1 Å². The summed E-state index contributed by atoms with van der Waals surface area (Å²) < 4.78 is 25.6. The van der Waals surface area contributed by atoms with E-state index in [0.717, 1.165) is 30.9 Å². The number of aryl methyl sites for hydroxylation is 2. The van der Waals surface area contributed by atoms with E-state index < -0.39 is 9.84 Å². The van der Waals surface area contributed by atoms with Gasteiger partial charge in [-0.05, 0) is 48.6 Å². The lowest BCUT2D eigenvalue weighted by atomic mass is 9.94. The van der Waals surface area contributed by atoms with E-state index in [-0.39, 0.29) is 17.5 Å². The highest BCUT2D eigenvalue weighted by Crippen LogP contribution is 2.38. The molecule has 0 radical (unpaired) electrons. The van der Waals surface area contributed by atoms with Gasteiger partial charge >= 0.3 is 0 Å². The second-order valence-corrected chi connectivity index (χ2v) is 9.59. The molecule has 2 aliphatic rings. The number of rotatable bonds is 3. The zero-order valence-electron chi connectivity index (χ0n) is 13.3. The highest BCUT2D eigenvalue weighted by atomic mass is 32.2. The Morgan fingerprint density at radius 1 is 1.35 bits per heavy atom. The summed E-state index contributed by atoms with van der Waals surface area (Å²) in [5, 5.41) is 6.88. The van der Waals surface area contributed by atoms with Crippen LogP contribution in [0, 0.1) is 0 Å². The average molecular weight is 351 g/mol. The third-order valence-electron chi connectivity index (χ3n) is 4.85. The van der Waals surface area contributed by atoms with Crippen molar-refractivity contribution in [2.24, 2.45) is 0 Å². The molecular formula is C16H21N3O2S2. The highest BCUT2D eigenvalue weighted by molar-refractivity contribution is 7.91. The van der Waals surface area contributed by atoms with Crippen LogP contribution in [0.4, 0.5) is 0 Å². The topological polar surface area (TPSA) is 64.8 Å². The van der Waals surface area contributed by atoms with Crippen molar-refractivity contribution in [3.63, 3.8) is 0 Å². The summed E-state index contributed by atoms with van der Waals surface area (Å²) in [4.78, 5) is 5.94. The number of sulfone groups is 1. The first kappa shape index (κ1) is 15.3. The summed E-state index contributed by atoms with van der Waals surface area (Å²) in [5.41, 5.74) is 2.86. The molecule has 0 amide bonds. The first-order valence-corrected chi connectivity index (χ1v) is 11.0.